The van der Waals surface area contributed by atoms with Crippen LogP contribution in [0.4, 0.5) is 0 Å². The lowest BCUT2D eigenvalue weighted by atomic mass is 10.1. The van der Waals surface area contributed by atoms with Gasteiger partial charge in [0.05, 0.1) is 16.1 Å². The molecule has 98 valence electrons. The van der Waals surface area contributed by atoms with E-state index in [-0.39, 0.29) is 17.2 Å². The Morgan fingerprint density at radius 2 is 2.00 bits per heavy atom. The molecule has 0 spiro atoms. The fourth-order valence-corrected chi connectivity index (χ4v) is 3.56. The third-order valence-electron chi connectivity index (χ3n) is 3.74. The average Bonchev–Trinajstić information content (AvgIpc) is 3.11. The van der Waals surface area contributed by atoms with Gasteiger partial charge < -0.3 is 4.57 Å². The van der Waals surface area contributed by atoms with E-state index in [0.717, 1.165) is 36.3 Å². The fraction of sp³-hybridized carbons (Fsp3) is 0.333. The van der Waals surface area contributed by atoms with Crippen LogP contribution >= 0.6 is 11.3 Å². The van der Waals surface area contributed by atoms with Gasteiger partial charge in [-0.3, -0.25) is 9.59 Å². The van der Waals surface area contributed by atoms with Gasteiger partial charge in [0.1, 0.15) is 0 Å². The Hall–Kier alpha value is -1.68. The van der Waals surface area contributed by atoms with Crippen molar-refractivity contribution in [1.29, 1.82) is 0 Å². The van der Waals surface area contributed by atoms with Gasteiger partial charge in [0, 0.05) is 6.04 Å². The van der Waals surface area contributed by atoms with Gasteiger partial charge in [-0.25, -0.2) is 0 Å². The van der Waals surface area contributed by atoms with Crippen LogP contribution in [0.15, 0.2) is 34.4 Å². The molecule has 0 aliphatic heterocycles. The highest BCUT2D eigenvalue weighted by molar-refractivity contribution is 7.13. The smallest absolute Gasteiger partial charge is 0.261 e. The van der Waals surface area contributed by atoms with Gasteiger partial charge in [-0.05, 0) is 36.4 Å². The van der Waals surface area contributed by atoms with Crippen molar-refractivity contribution in [3.63, 3.8) is 0 Å². The van der Waals surface area contributed by atoms with Gasteiger partial charge >= 0.3 is 0 Å². The zero-order chi connectivity index (χ0) is 13.2. The number of hydrogen-bond acceptors (Lipinski definition) is 3. The lowest BCUT2D eigenvalue weighted by Gasteiger charge is -2.18. The Balaban J connectivity index is 2.21. The van der Waals surface area contributed by atoms with E-state index in [2.05, 4.69) is 0 Å². The van der Waals surface area contributed by atoms with Crippen molar-refractivity contribution in [2.24, 2.45) is 0 Å². The molecule has 0 saturated heterocycles. The molecule has 0 N–H and O–H groups in total. The minimum absolute atomic E-state index is 0.146. The van der Waals surface area contributed by atoms with Gasteiger partial charge in [-0.1, -0.05) is 18.9 Å². The molecule has 0 atom stereocenters. The SMILES string of the molecule is O=Cc1ccc(-c2cccs2)n(C2CCCC2)c1=O. The van der Waals surface area contributed by atoms with E-state index in [1.54, 1.807) is 17.4 Å². The molecular formula is C15H15NO2S. The minimum atomic E-state index is -0.146. The molecule has 1 saturated carbocycles. The summed E-state index contributed by atoms with van der Waals surface area (Å²) in [4.78, 5) is 24.5. The molecule has 3 nitrogen and oxygen atoms in total. The second kappa shape index (κ2) is 5.13. The molecule has 1 aliphatic rings. The second-order valence-corrected chi connectivity index (χ2v) is 5.83. The summed E-state index contributed by atoms with van der Waals surface area (Å²) in [6, 6.07) is 7.78. The topological polar surface area (TPSA) is 39.1 Å². The monoisotopic (exact) mass is 273 g/mol. The van der Waals surface area contributed by atoms with Crippen LogP contribution in [0, 0.1) is 0 Å². The molecule has 19 heavy (non-hydrogen) atoms. The first-order valence-electron chi connectivity index (χ1n) is 6.56. The van der Waals surface area contributed by atoms with Crippen LogP contribution in [0.1, 0.15) is 42.1 Å². The molecular weight excluding hydrogens is 258 g/mol. The van der Waals surface area contributed by atoms with Crippen LogP contribution in [0.3, 0.4) is 0 Å². The number of nitrogens with zero attached hydrogens (tertiary/aromatic N) is 1. The molecule has 0 amide bonds. The Kier molecular flexibility index (Phi) is 3.34. The normalized spacial score (nSPS) is 15.8. The van der Waals surface area contributed by atoms with E-state index in [0.29, 0.717) is 6.29 Å². The summed E-state index contributed by atoms with van der Waals surface area (Å²) in [6.45, 7) is 0. The van der Waals surface area contributed by atoms with Gasteiger partial charge in [0.15, 0.2) is 6.29 Å². The lowest BCUT2D eigenvalue weighted by molar-refractivity contribution is 0.112. The molecule has 2 aromatic heterocycles. The highest BCUT2D eigenvalue weighted by Crippen LogP contribution is 2.33. The summed E-state index contributed by atoms with van der Waals surface area (Å²) in [7, 11) is 0. The molecule has 0 aromatic carbocycles. The predicted octanol–water partition coefficient (Wildman–Crippen LogP) is 3.50. The Morgan fingerprint density at radius 3 is 2.63 bits per heavy atom. The summed E-state index contributed by atoms with van der Waals surface area (Å²) in [5.74, 6) is 0. The van der Waals surface area contributed by atoms with Crippen molar-refractivity contribution in [2.75, 3.05) is 0 Å². The van der Waals surface area contributed by atoms with E-state index in [9.17, 15) is 9.59 Å². The molecule has 0 bridgehead atoms. The average molecular weight is 273 g/mol. The molecule has 1 fully saturated rings. The predicted molar refractivity (Wildman–Crippen MR) is 76.9 cm³/mol. The maximum Gasteiger partial charge on any atom is 0.261 e. The third kappa shape index (κ3) is 2.16. The first kappa shape index (κ1) is 12.4. The Morgan fingerprint density at radius 1 is 1.21 bits per heavy atom. The number of aldehydes is 1. The van der Waals surface area contributed by atoms with Crippen molar-refractivity contribution >= 4 is 17.6 Å². The number of thiophene rings is 1. The molecule has 1 aliphatic carbocycles. The first-order valence-corrected chi connectivity index (χ1v) is 7.44. The van der Waals surface area contributed by atoms with Crippen LogP contribution < -0.4 is 5.56 Å². The maximum atomic E-state index is 12.4. The van der Waals surface area contributed by atoms with Crippen LogP contribution in [0.2, 0.25) is 0 Å². The number of rotatable bonds is 3. The van der Waals surface area contributed by atoms with E-state index in [4.69, 9.17) is 0 Å². The summed E-state index contributed by atoms with van der Waals surface area (Å²) < 4.78 is 1.84. The number of pyridine rings is 1. The Labute approximate surface area is 115 Å². The summed E-state index contributed by atoms with van der Waals surface area (Å²) in [6.07, 6.45) is 5.03. The zero-order valence-corrected chi connectivity index (χ0v) is 11.4. The van der Waals surface area contributed by atoms with Crippen LogP contribution in [0.25, 0.3) is 10.6 Å². The van der Waals surface area contributed by atoms with Crippen LogP contribution in [0.5, 0.6) is 0 Å². The third-order valence-corrected chi connectivity index (χ3v) is 4.63. The van der Waals surface area contributed by atoms with Crippen LogP contribution in [-0.4, -0.2) is 10.9 Å². The van der Waals surface area contributed by atoms with Crippen molar-refractivity contribution < 1.29 is 4.79 Å². The molecule has 3 rings (SSSR count). The quantitative estimate of drug-likeness (QED) is 0.803. The standard InChI is InChI=1S/C15H15NO2S/c17-10-11-7-8-13(14-6-3-9-19-14)16(15(11)18)12-4-1-2-5-12/h3,6-10,12H,1-2,4-5H2. The first-order chi connectivity index (χ1) is 9.31. The molecule has 4 heteroatoms. The fourth-order valence-electron chi connectivity index (χ4n) is 2.81. The highest BCUT2D eigenvalue weighted by atomic mass is 32.1. The maximum absolute atomic E-state index is 12.4. The highest BCUT2D eigenvalue weighted by Gasteiger charge is 2.22. The van der Waals surface area contributed by atoms with Crippen molar-refractivity contribution in [2.45, 2.75) is 31.7 Å². The van der Waals surface area contributed by atoms with Crippen molar-refractivity contribution in [1.82, 2.24) is 4.57 Å². The number of hydrogen-bond donors (Lipinski definition) is 0. The van der Waals surface area contributed by atoms with Gasteiger partial charge in [-0.15, -0.1) is 11.3 Å². The lowest BCUT2D eigenvalue weighted by Crippen LogP contribution is -2.27. The molecule has 2 aromatic rings. The van der Waals surface area contributed by atoms with Gasteiger partial charge in [0.25, 0.3) is 5.56 Å². The van der Waals surface area contributed by atoms with Gasteiger partial charge in [-0.2, -0.15) is 0 Å². The van der Waals surface area contributed by atoms with Crippen molar-refractivity contribution in [3.8, 4) is 10.6 Å². The Bertz CT molecular complexity index is 637. The summed E-state index contributed by atoms with van der Waals surface area (Å²) in [5.41, 5.74) is 1.05. The largest absolute Gasteiger partial charge is 0.304 e. The van der Waals surface area contributed by atoms with E-state index < -0.39 is 0 Å². The number of aromatic nitrogens is 1. The molecule has 2 heterocycles. The zero-order valence-electron chi connectivity index (χ0n) is 10.5. The summed E-state index contributed by atoms with van der Waals surface area (Å²) >= 11 is 1.62. The number of carbonyl (C=O) groups excluding carboxylic acids is 1. The summed E-state index contributed by atoms with van der Waals surface area (Å²) in [5, 5.41) is 2.01. The second-order valence-electron chi connectivity index (χ2n) is 4.88. The van der Waals surface area contributed by atoms with Gasteiger partial charge in [0.2, 0.25) is 0 Å². The van der Waals surface area contributed by atoms with Crippen LogP contribution in [-0.2, 0) is 0 Å². The minimum Gasteiger partial charge on any atom is -0.304 e. The van der Waals surface area contributed by atoms with Crippen molar-refractivity contribution in [3.05, 3.63) is 45.6 Å². The molecule has 0 radical (unpaired) electrons. The molecule has 0 unspecified atom stereocenters. The van der Waals surface area contributed by atoms with E-state index in [1.165, 1.54) is 0 Å². The van der Waals surface area contributed by atoms with E-state index in [1.807, 2.05) is 28.1 Å². The van der Waals surface area contributed by atoms with E-state index >= 15 is 0 Å². The number of carbonyl (C=O) groups is 1.